The smallest absolute Gasteiger partial charge is 0.347 e. The average Bonchev–Trinajstić information content (AvgIpc) is 3.00. The Kier molecular flexibility index (Phi) is 5.78. The molecule has 3 atom stereocenters. The zero-order valence-electron chi connectivity index (χ0n) is 12.4. The fourth-order valence-corrected chi connectivity index (χ4v) is 3.14. The largest absolute Gasteiger partial charge is 0.463 e. The maximum Gasteiger partial charge on any atom is 0.347 e. The van der Waals surface area contributed by atoms with Crippen LogP contribution in [-0.2, 0) is 19.1 Å². The summed E-state index contributed by atoms with van der Waals surface area (Å²) in [7, 11) is 0. The van der Waals surface area contributed by atoms with E-state index in [2.05, 4.69) is 12.1 Å². The molecule has 0 spiro atoms. The predicted molar refractivity (Wildman–Crippen MR) is 78.7 cm³/mol. The highest BCUT2D eigenvalue weighted by atomic mass is 16.6. The lowest BCUT2D eigenvalue weighted by molar-refractivity contribution is -0.165. The van der Waals surface area contributed by atoms with Crippen LogP contribution in [0.1, 0.15) is 44.1 Å². The number of rotatable bonds is 7. The molecule has 4 nitrogen and oxygen atoms in total. The van der Waals surface area contributed by atoms with Crippen molar-refractivity contribution in [3.8, 4) is 0 Å². The second-order valence-electron chi connectivity index (χ2n) is 5.43. The van der Waals surface area contributed by atoms with Crippen molar-refractivity contribution in [1.82, 2.24) is 0 Å². The van der Waals surface area contributed by atoms with Crippen LogP contribution in [0, 0.1) is 5.92 Å². The van der Waals surface area contributed by atoms with Crippen LogP contribution >= 0.6 is 0 Å². The first-order chi connectivity index (χ1) is 10.3. The first-order valence-corrected chi connectivity index (χ1v) is 7.58. The van der Waals surface area contributed by atoms with Crippen molar-refractivity contribution in [3.05, 3.63) is 35.9 Å². The first-order valence-electron chi connectivity index (χ1n) is 7.58. The van der Waals surface area contributed by atoms with Crippen LogP contribution in [-0.4, -0.2) is 25.2 Å². The summed E-state index contributed by atoms with van der Waals surface area (Å²) in [5.74, 6) is -0.177. The first kappa shape index (κ1) is 15.5. The lowest BCUT2D eigenvalue weighted by Crippen LogP contribution is -2.35. The van der Waals surface area contributed by atoms with Gasteiger partial charge in [0.2, 0.25) is 6.10 Å². The number of carbonyl (C=O) groups is 2. The monoisotopic (exact) mass is 290 g/mol. The second-order valence-corrected chi connectivity index (χ2v) is 5.43. The fraction of sp³-hybridized carbons (Fsp3) is 0.529. The molecule has 0 N–H and O–H groups in total. The minimum absolute atomic E-state index is 0.00181. The standard InChI is InChI=1S/C17H22O4/c1-2-11-20-17(19)16(21-12-18)15-10-6-9-14(15)13-7-4-3-5-8-13/h3-5,7-8,12,14-16H,2,6,9-11H2,1H3. The van der Waals surface area contributed by atoms with Crippen LogP contribution in [0.2, 0.25) is 0 Å². The van der Waals surface area contributed by atoms with E-state index in [0.29, 0.717) is 13.1 Å². The number of hydrogen-bond donors (Lipinski definition) is 0. The van der Waals surface area contributed by atoms with Gasteiger partial charge in [-0.2, -0.15) is 0 Å². The Labute approximate surface area is 125 Å². The number of esters is 1. The molecule has 1 saturated carbocycles. The summed E-state index contributed by atoms with van der Waals surface area (Å²) in [6.07, 6.45) is 2.88. The number of ether oxygens (including phenoxy) is 2. The molecule has 2 rings (SSSR count). The number of carbonyl (C=O) groups excluding carboxylic acids is 2. The van der Waals surface area contributed by atoms with Gasteiger partial charge in [-0.3, -0.25) is 4.79 Å². The normalized spacial score (nSPS) is 22.5. The van der Waals surface area contributed by atoms with Crippen LogP contribution < -0.4 is 0 Å². The van der Waals surface area contributed by atoms with Gasteiger partial charge in [-0.1, -0.05) is 43.7 Å². The van der Waals surface area contributed by atoms with Crippen molar-refractivity contribution in [3.63, 3.8) is 0 Å². The van der Waals surface area contributed by atoms with Crippen LogP contribution in [0.25, 0.3) is 0 Å². The zero-order valence-corrected chi connectivity index (χ0v) is 12.4. The second kappa shape index (κ2) is 7.81. The minimum atomic E-state index is -0.790. The summed E-state index contributed by atoms with van der Waals surface area (Å²) in [5, 5.41) is 0. The Morgan fingerprint density at radius 3 is 2.76 bits per heavy atom. The van der Waals surface area contributed by atoms with E-state index in [4.69, 9.17) is 9.47 Å². The van der Waals surface area contributed by atoms with Crippen LogP contribution in [0.3, 0.4) is 0 Å². The predicted octanol–water partition coefficient (Wildman–Crippen LogP) is 3.07. The molecule has 0 radical (unpaired) electrons. The highest BCUT2D eigenvalue weighted by Crippen LogP contribution is 2.42. The Morgan fingerprint density at radius 1 is 1.33 bits per heavy atom. The number of hydrogen-bond acceptors (Lipinski definition) is 4. The molecule has 1 aliphatic rings. The molecular weight excluding hydrogens is 268 g/mol. The topological polar surface area (TPSA) is 52.6 Å². The molecule has 21 heavy (non-hydrogen) atoms. The Hall–Kier alpha value is -1.84. The molecule has 0 bridgehead atoms. The van der Waals surface area contributed by atoms with Crippen LogP contribution in [0.15, 0.2) is 30.3 Å². The van der Waals surface area contributed by atoms with Crippen molar-refractivity contribution in [2.45, 2.75) is 44.6 Å². The van der Waals surface area contributed by atoms with Gasteiger partial charge in [-0.25, -0.2) is 4.79 Å². The maximum absolute atomic E-state index is 12.1. The van der Waals surface area contributed by atoms with Gasteiger partial charge in [0.25, 0.3) is 6.47 Å². The summed E-state index contributed by atoms with van der Waals surface area (Å²) >= 11 is 0. The van der Waals surface area contributed by atoms with E-state index in [0.717, 1.165) is 25.7 Å². The van der Waals surface area contributed by atoms with Gasteiger partial charge >= 0.3 is 5.97 Å². The fourth-order valence-electron chi connectivity index (χ4n) is 3.14. The molecule has 0 aromatic heterocycles. The summed E-state index contributed by atoms with van der Waals surface area (Å²) in [6.45, 7) is 2.66. The zero-order chi connectivity index (χ0) is 15.1. The molecule has 0 saturated heterocycles. The lowest BCUT2D eigenvalue weighted by Gasteiger charge is -2.26. The molecule has 3 unspecified atom stereocenters. The Balaban J connectivity index is 2.14. The van der Waals surface area contributed by atoms with Crippen molar-refractivity contribution >= 4 is 12.4 Å². The molecule has 4 heteroatoms. The Morgan fingerprint density at radius 2 is 2.10 bits per heavy atom. The molecule has 1 fully saturated rings. The molecule has 1 aromatic rings. The summed E-state index contributed by atoms with van der Waals surface area (Å²) in [5.41, 5.74) is 1.20. The van der Waals surface area contributed by atoms with E-state index in [1.54, 1.807) is 0 Å². The molecule has 0 heterocycles. The molecule has 1 aliphatic carbocycles. The van der Waals surface area contributed by atoms with E-state index in [1.807, 2.05) is 25.1 Å². The summed E-state index contributed by atoms with van der Waals surface area (Å²) in [6, 6.07) is 10.1. The van der Waals surface area contributed by atoms with E-state index in [9.17, 15) is 9.59 Å². The van der Waals surface area contributed by atoms with E-state index < -0.39 is 12.1 Å². The van der Waals surface area contributed by atoms with Crippen LogP contribution in [0.5, 0.6) is 0 Å². The van der Waals surface area contributed by atoms with Gasteiger partial charge in [0.15, 0.2) is 0 Å². The quantitative estimate of drug-likeness (QED) is 0.572. The average molecular weight is 290 g/mol. The van der Waals surface area contributed by atoms with E-state index >= 15 is 0 Å². The minimum Gasteiger partial charge on any atom is -0.463 e. The van der Waals surface area contributed by atoms with Crippen LogP contribution in [0.4, 0.5) is 0 Å². The number of benzene rings is 1. The van der Waals surface area contributed by atoms with Crippen molar-refractivity contribution < 1.29 is 19.1 Å². The Bertz CT molecular complexity index is 457. The van der Waals surface area contributed by atoms with Crippen molar-refractivity contribution in [2.24, 2.45) is 5.92 Å². The highest BCUT2D eigenvalue weighted by molar-refractivity contribution is 5.76. The molecular formula is C17H22O4. The third-order valence-corrected chi connectivity index (χ3v) is 4.07. The van der Waals surface area contributed by atoms with Gasteiger partial charge in [-0.05, 0) is 30.7 Å². The molecule has 0 amide bonds. The molecule has 0 aliphatic heterocycles. The molecule has 1 aromatic carbocycles. The SMILES string of the molecule is CCCOC(=O)C(OC=O)C1CCCC1c1ccccc1. The van der Waals surface area contributed by atoms with Crippen molar-refractivity contribution in [1.29, 1.82) is 0 Å². The van der Waals surface area contributed by atoms with E-state index in [-0.39, 0.29) is 11.8 Å². The molecule has 114 valence electrons. The highest BCUT2D eigenvalue weighted by Gasteiger charge is 2.40. The van der Waals surface area contributed by atoms with Gasteiger partial charge in [0, 0.05) is 5.92 Å². The summed E-state index contributed by atoms with van der Waals surface area (Å²) < 4.78 is 10.3. The van der Waals surface area contributed by atoms with Gasteiger partial charge in [-0.15, -0.1) is 0 Å². The van der Waals surface area contributed by atoms with Gasteiger partial charge in [0.05, 0.1) is 6.61 Å². The van der Waals surface area contributed by atoms with Gasteiger partial charge < -0.3 is 9.47 Å². The van der Waals surface area contributed by atoms with E-state index in [1.165, 1.54) is 5.56 Å². The lowest BCUT2D eigenvalue weighted by atomic mass is 9.85. The van der Waals surface area contributed by atoms with Crippen molar-refractivity contribution in [2.75, 3.05) is 6.61 Å². The third kappa shape index (κ3) is 3.84. The van der Waals surface area contributed by atoms with Gasteiger partial charge in [0.1, 0.15) is 0 Å². The summed E-state index contributed by atoms with van der Waals surface area (Å²) in [4.78, 5) is 22.9. The maximum atomic E-state index is 12.1. The third-order valence-electron chi connectivity index (χ3n) is 4.07.